The van der Waals surface area contributed by atoms with Gasteiger partial charge in [0, 0.05) is 0 Å². The average Bonchev–Trinajstić information content (AvgIpc) is 2.90. The first-order valence-electron chi connectivity index (χ1n) is 12.0. The summed E-state index contributed by atoms with van der Waals surface area (Å²) in [4.78, 5) is 43.2. The van der Waals surface area contributed by atoms with Gasteiger partial charge >= 0.3 is 223 Å². The number of nitrogens with zero attached hydrogens (tertiary/aromatic N) is 1. The van der Waals surface area contributed by atoms with E-state index in [2.05, 4.69) is 10.5 Å². The molecule has 0 fully saturated rings. The fourth-order valence-corrected chi connectivity index (χ4v) is 4.85. The first-order chi connectivity index (χ1) is 18.2. The summed E-state index contributed by atoms with van der Waals surface area (Å²) < 4.78 is 12.2. The van der Waals surface area contributed by atoms with E-state index < -0.39 is 36.1 Å². The second-order valence-electron chi connectivity index (χ2n) is 9.14. The third-order valence-electron chi connectivity index (χ3n) is 4.78. The van der Waals surface area contributed by atoms with Crippen molar-refractivity contribution in [1.29, 1.82) is 0 Å². The molecule has 9 heteroatoms. The molecule has 0 heterocycles. The van der Waals surface area contributed by atoms with E-state index in [0.29, 0.717) is 4.61 Å². The summed E-state index contributed by atoms with van der Waals surface area (Å²) in [6.45, 7) is 5.06. The first kappa shape index (κ1) is 28.6. The molecule has 1 atom stereocenters. The summed E-state index contributed by atoms with van der Waals surface area (Å²) in [6.07, 6.45) is -1.34. The van der Waals surface area contributed by atoms with E-state index in [1.807, 2.05) is 78.9 Å². The van der Waals surface area contributed by atoms with Crippen LogP contribution in [0.15, 0.2) is 96.2 Å². The molecule has 1 N–H and O–H groups in total. The van der Waals surface area contributed by atoms with Crippen molar-refractivity contribution in [2.24, 2.45) is 5.16 Å². The number of benzene rings is 3. The molecule has 0 aliphatic carbocycles. The van der Waals surface area contributed by atoms with Crippen molar-refractivity contribution in [2.45, 2.75) is 45.4 Å². The number of nitrogens with one attached hydrogen (secondary N) is 1. The number of rotatable bonds is 10. The number of carbonyl (C=O) groups is 3. The average molecular weight is 582 g/mol. The Morgan fingerprint density at radius 3 is 2.05 bits per heavy atom. The van der Waals surface area contributed by atoms with Gasteiger partial charge < -0.3 is 0 Å². The van der Waals surface area contributed by atoms with Gasteiger partial charge in [-0.25, -0.2) is 0 Å². The summed E-state index contributed by atoms with van der Waals surface area (Å²) in [5, 5.41) is 6.55. The third kappa shape index (κ3) is 10.2. The van der Waals surface area contributed by atoms with E-state index in [9.17, 15) is 14.4 Å². The number of amides is 1. The third-order valence-corrected chi connectivity index (χ3v) is 6.90. The topological polar surface area (TPSA) is 103 Å². The molecular weight excluding hydrogens is 551 g/mol. The van der Waals surface area contributed by atoms with Crippen molar-refractivity contribution in [3.05, 3.63) is 102 Å². The minimum atomic E-state index is -1.32. The maximum absolute atomic E-state index is 12.8. The van der Waals surface area contributed by atoms with E-state index in [-0.39, 0.29) is 21.6 Å². The van der Waals surface area contributed by atoms with Crippen LogP contribution in [0.3, 0.4) is 0 Å². The molecule has 0 saturated heterocycles. The SMILES string of the molecule is CC(C)(C)OC(=O)N[C@H](CC(=O)O/N=C(/[Se]c1ccccc1)c1ccccc1)C(=O)OCc1ccccc1. The van der Waals surface area contributed by atoms with E-state index in [1.54, 1.807) is 32.9 Å². The number of carbonyl (C=O) groups excluding carboxylic acids is 3. The zero-order valence-electron chi connectivity index (χ0n) is 21.5. The van der Waals surface area contributed by atoms with E-state index in [0.717, 1.165) is 15.6 Å². The van der Waals surface area contributed by atoms with Gasteiger partial charge in [0.2, 0.25) is 0 Å². The maximum atomic E-state index is 12.8. The Morgan fingerprint density at radius 2 is 1.45 bits per heavy atom. The van der Waals surface area contributed by atoms with Gasteiger partial charge in [-0.1, -0.05) is 6.07 Å². The van der Waals surface area contributed by atoms with Gasteiger partial charge in [-0.05, 0) is 0 Å². The molecule has 0 bridgehead atoms. The Bertz CT molecular complexity index is 1230. The fourth-order valence-electron chi connectivity index (χ4n) is 3.08. The van der Waals surface area contributed by atoms with Gasteiger partial charge in [0.1, 0.15) is 0 Å². The molecule has 3 rings (SSSR count). The van der Waals surface area contributed by atoms with Gasteiger partial charge in [-0.3, -0.25) is 0 Å². The number of ether oxygens (including phenoxy) is 2. The summed E-state index contributed by atoms with van der Waals surface area (Å²) in [6, 6.07) is 26.9. The van der Waals surface area contributed by atoms with Gasteiger partial charge in [0.15, 0.2) is 0 Å². The fraction of sp³-hybridized carbons (Fsp3) is 0.241. The molecule has 0 saturated carbocycles. The number of hydrogen-bond donors (Lipinski definition) is 1. The van der Waals surface area contributed by atoms with Crippen LogP contribution in [0.4, 0.5) is 4.79 Å². The quantitative estimate of drug-likeness (QED) is 0.128. The molecule has 3 aromatic rings. The molecule has 0 spiro atoms. The number of alkyl carbamates (subject to hydrolysis) is 1. The Kier molecular flexibility index (Phi) is 10.6. The summed E-state index contributed by atoms with van der Waals surface area (Å²) >= 11 is -0.244. The van der Waals surface area contributed by atoms with Crippen LogP contribution in [0, 0.1) is 0 Å². The van der Waals surface area contributed by atoms with Gasteiger partial charge in [-0.15, -0.1) is 0 Å². The van der Waals surface area contributed by atoms with Gasteiger partial charge in [-0.2, -0.15) is 0 Å². The van der Waals surface area contributed by atoms with Crippen LogP contribution in [0.1, 0.15) is 38.3 Å². The zero-order valence-corrected chi connectivity index (χ0v) is 23.2. The number of hydrogen-bond acceptors (Lipinski definition) is 7. The van der Waals surface area contributed by atoms with Gasteiger partial charge in [0.05, 0.1) is 0 Å². The molecular formula is C29H30N2O6Se. The van der Waals surface area contributed by atoms with Crippen LogP contribution in [0.5, 0.6) is 0 Å². The molecule has 1 amide bonds. The van der Waals surface area contributed by atoms with Crippen molar-refractivity contribution in [2.75, 3.05) is 0 Å². The van der Waals surface area contributed by atoms with E-state index in [4.69, 9.17) is 14.3 Å². The molecule has 198 valence electrons. The van der Waals surface area contributed by atoms with Crippen LogP contribution in [-0.2, 0) is 30.5 Å². The van der Waals surface area contributed by atoms with Crippen LogP contribution >= 0.6 is 0 Å². The summed E-state index contributed by atoms with van der Waals surface area (Å²) in [5.74, 6) is -1.60. The standard InChI is InChI=1S/C29H30N2O6Se/c1-29(2,3)36-28(34)30-24(27(33)35-20-21-13-7-4-8-14-21)19-25(32)37-31-26(22-15-9-5-10-16-22)38-23-17-11-6-12-18-23/h4-18,24H,19-20H2,1-3H3,(H,30,34)/b31-26+/t24-/m1/s1. The molecule has 0 aromatic heterocycles. The van der Waals surface area contributed by atoms with Crippen molar-refractivity contribution < 1.29 is 28.7 Å². The van der Waals surface area contributed by atoms with Crippen molar-refractivity contribution >= 4 is 42.1 Å². The molecule has 0 aliphatic heterocycles. The Hall–Kier alpha value is -3.94. The summed E-state index contributed by atoms with van der Waals surface area (Å²) in [5.41, 5.74) is 0.784. The molecule has 8 nitrogen and oxygen atoms in total. The number of esters is 1. The molecule has 0 aliphatic rings. The van der Waals surface area contributed by atoms with Gasteiger partial charge in [0.25, 0.3) is 0 Å². The predicted octanol–water partition coefficient (Wildman–Crippen LogP) is 3.95. The normalized spacial score (nSPS) is 12.2. The van der Waals surface area contributed by atoms with Crippen LogP contribution < -0.4 is 9.78 Å². The zero-order chi connectivity index (χ0) is 27.4. The van der Waals surface area contributed by atoms with Crippen LogP contribution in [0.2, 0.25) is 0 Å². The monoisotopic (exact) mass is 582 g/mol. The van der Waals surface area contributed by atoms with Crippen LogP contribution in [-0.4, -0.2) is 49.2 Å². The van der Waals surface area contributed by atoms with Crippen molar-refractivity contribution in [3.8, 4) is 0 Å². The molecule has 38 heavy (non-hydrogen) atoms. The summed E-state index contributed by atoms with van der Waals surface area (Å²) in [7, 11) is 0. The Morgan fingerprint density at radius 1 is 0.868 bits per heavy atom. The second-order valence-corrected chi connectivity index (χ2v) is 11.4. The first-order valence-corrected chi connectivity index (χ1v) is 13.7. The number of oxime groups is 1. The minimum absolute atomic E-state index is 0.0167. The predicted molar refractivity (Wildman–Crippen MR) is 145 cm³/mol. The Labute approximate surface area is 228 Å². The van der Waals surface area contributed by atoms with Crippen molar-refractivity contribution in [3.63, 3.8) is 0 Å². The van der Waals surface area contributed by atoms with E-state index in [1.165, 1.54) is 0 Å². The molecule has 0 radical (unpaired) electrons. The van der Waals surface area contributed by atoms with Crippen molar-refractivity contribution in [1.82, 2.24) is 5.32 Å². The van der Waals surface area contributed by atoms with E-state index >= 15 is 0 Å². The second kappa shape index (κ2) is 14.1. The Balaban J connectivity index is 1.72. The van der Waals surface area contributed by atoms with Crippen LogP contribution in [0.25, 0.3) is 0 Å². The molecule has 0 unspecified atom stereocenters. The molecule has 3 aromatic carbocycles.